The largest absolute Gasteiger partial charge is 0.363 e. The van der Waals surface area contributed by atoms with Crippen LogP contribution in [0.15, 0.2) is 101 Å². The van der Waals surface area contributed by atoms with E-state index in [1.165, 1.54) is 0 Å². The topological polar surface area (TPSA) is 101 Å². The number of H-pyrrole nitrogens is 1. The molecule has 0 amide bonds. The summed E-state index contributed by atoms with van der Waals surface area (Å²) in [6.45, 7) is 1.73. The molecular weight excluding hydrogens is 426 g/mol. The van der Waals surface area contributed by atoms with Crippen LogP contribution in [0.25, 0.3) is 28.2 Å². The third kappa shape index (κ3) is 4.51. The molecule has 0 spiro atoms. The van der Waals surface area contributed by atoms with Gasteiger partial charge in [0, 0.05) is 11.1 Å². The molecule has 3 aromatic carbocycles. The minimum atomic E-state index is -0.532. The summed E-state index contributed by atoms with van der Waals surface area (Å²) in [5.41, 5.74) is 8.65. The van der Waals surface area contributed by atoms with E-state index in [4.69, 9.17) is 5.10 Å². The molecule has 8 heteroatoms. The van der Waals surface area contributed by atoms with Crippen molar-refractivity contribution >= 4 is 12.0 Å². The van der Waals surface area contributed by atoms with Crippen molar-refractivity contribution in [3.63, 3.8) is 0 Å². The fourth-order valence-corrected chi connectivity index (χ4v) is 3.51. The second-order valence-corrected chi connectivity index (χ2v) is 7.59. The van der Waals surface area contributed by atoms with Crippen molar-refractivity contribution in [1.29, 1.82) is 0 Å². The lowest BCUT2D eigenvalue weighted by Crippen LogP contribution is -2.15. The normalized spacial score (nSPS) is 11.1. The second kappa shape index (κ2) is 9.33. The van der Waals surface area contributed by atoms with Gasteiger partial charge in [0.25, 0.3) is 0 Å². The number of benzene rings is 3. The molecule has 0 fully saturated rings. The fraction of sp³-hybridized carbons (Fsp3) is 0.0385. The predicted molar refractivity (Wildman–Crippen MR) is 133 cm³/mol. The summed E-state index contributed by atoms with van der Waals surface area (Å²) in [5, 5.41) is 15.2. The van der Waals surface area contributed by atoms with Crippen molar-refractivity contribution in [2.24, 2.45) is 5.10 Å². The van der Waals surface area contributed by atoms with Gasteiger partial charge in [-0.15, -0.1) is 0 Å². The van der Waals surface area contributed by atoms with Crippen LogP contribution in [0, 0.1) is 6.92 Å². The summed E-state index contributed by atoms with van der Waals surface area (Å²) in [7, 11) is 0. The molecule has 8 nitrogen and oxygen atoms in total. The first-order valence-electron chi connectivity index (χ1n) is 10.7. The molecule has 34 heavy (non-hydrogen) atoms. The van der Waals surface area contributed by atoms with Crippen molar-refractivity contribution in [1.82, 2.24) is 25.0 Å². The van der Waals surface area contributed by atoms with Crippen LogP contribution in [-0.2, 0) is 0 Å². The highest BCUT2D eigenvalue weighted by molar-refractivity contribution is 5.80. The van der Waals surface area contributed by atoms with Gasteiger partial charge in [-0.3, -0.25) is 5.43 Å². The van der Waals surface area contributed by atoms with E-state index in [0.29, 0.717) is 11.5 Å². The quantitative estimate of drug-likeness (QED) is 0.296. The Kier molecular flexibility index (Phi) is 5.77. The zero-order valence-corrected chi connectivity index (χ0v) is 18.4. The number of hydrazone groups is 1. The van der Waals surface area contributed by atoms with Gasteiger partial charge in [-0.25, -0.2) is 14.6 Å². The van der Waals surface area contributed by atoms with Gasteiger partial charge in [-0.1, -0.05) is 72.8 Å². The van der Waals surface area contributed by atoms with Crippen molar-refractivity contribution in [3.05, 3.63) is 113 Å². The van der Waals surface area contributed by atoms with E-state index >= 15 is 0 Å². The van der Waals surface area contributed by atoms with E-state index in [0.717, 1.165) is 33.8 Å². The standard InChI is InChI=1S/C26H21N7O/c1-18-25(28-26(34)31-29-18)30-27-17-19-12-14-22(15-13-19)33-24(21-10-6-3-7-11-21)16-23(32-33)20-8-4-2-5-9-20/h2-17H,1H3,(H2,28,30,31,34). The number of aromatic nitrogens is 5. The van der Waals surface area contributed by atoms with Gasteiger partial charge in [-0.05, 0) is 30.7 Å². The lowest BCUT2D eigenvalue weighted by molar-refractivity contribution is 0.879. The van der Waals surface area contributed by atoms with Crippen LogP contribution in [0.2, 0.25) is 0 Å². The van der Waals surface area contributed by atoms with Crippen molar-refractivity contribution < 1.29 is 0 Å². The number of hydrogen-bond donors (Lipinski definition) is 2. The maximum atomic E-state index is 11.3. The van der Waals surface area contributed by atoms with Gasteiger partial charge in [0.2, 0.25) is 0 Å². The second-order valence-electron chi connectivity index (χ2n) is 7.59. The van der Waals surface area contributed by atoms with E-state index in [-0.39, 0.29) is 0 Å². The fourth-order valence-electron chi connectivity index (χ4n) is 3.51. The molecule has 5 rings (SSSR count). The molecule has 0 aliphatic carbocycles. The molecule has 2 aromatic heterocycles. The molecular formula is C26H21N7O. The SMILES string of the molecule is Cc1n[nH]c(=O)nc1NN=Cc1ccc(-n2nc(-c3ccccc3)cc2-c2ccccc2)cc1. The summed E-state index contributed by atoms with van der Waals surface area (Å²) in [4.78, 5) is 15.2. The number of hydrogen-bond acceptors (Lipinski definition) is 6. The first-order chi connectivity index (χ1) is 16.7. The highest BCUT2D eigenvalue weighted by Crippen LogP contribution is 2.28. The Balaban J connectivity index is 1.44. The van der Waals surface area contributed by atoms with E-state index in [1.807, 2.05) is 65.3 Å². The van der Waals surface area contributed by atoms with Gasteiger partial charge < -0.3 is 0 Å². The Hall–Kier alpha value is -4.85. The van der Waals surface area contributed by atoms with Crippen molar-refractivity contribution in [2.45, 2.75) is 6.92 Å². The predicted octanol–water partition coefficient (Wildman–Crippen LogP) is 4.44. The van der Waals surface area contributed by atoms with Gasteiger partial charge in [-0.2, -0.15) is 20.3 Å². The van der Waals surface area contributed by atoms with Crippen molar-refractivity contribution in [3.8, 4) is 28.2 Å². The first-order valence-corrected chi connectivity index (χ1v) is 10.7. The van der Waals surface area contributed by atoms with Crippen LogP contribution in [0.4, 0.5) is 5.82 Å². The van der Waals surface area contributed by atoms with Crippen LogP contribution in [-0.4, -0.2) is 31.2 Å². The van der Waals surface area contributed by atoms with E-state index in [9.17, 15) is 4.79 Å². The van der Waals surface area contributed by atoms with E-state index in [1.54, 1.807) is 13.1 Å². The van der Waals surface area contributed by atoms with Crippen LogP contribution in [0.3, 0.4) is 0 Å². The van der Waals surface area contributed by atoms with Gasteiger partial charge in [0.05, 0.1) is 23.3 Å². The number of aromatic amines is 1. The Morgan fingerprint density at radius 1 is 0.912 bits per heavy atom. The summed E-state index contributed by atoms with van der Waals surface area (Å²) in [5.74, 6) is 0.314. The van der Waals surface area contributed by atoms with E-state index < -0.39 is 5.69 Å². The molecule has 166 valence electrons. The molecule has 0 radical (unpaired) electrons. The lowest BCUT2D eigenvalue weighted by atomic mass is 10.1. The molecule has 0 unspecified atom stereocenters. The lowest BCUT2D eigenvalue weighted by Gasteiger charge is -2.08. The Morgan fingerprint density at radius 3 is 2.29 bits per heavy atom. The molecule has 0 saturated carbocycles. The van der Waals surface area contributed by atoms with Gasteiger partial charge >= 0.3 is 5.69 Å². The summed E-state index contributed by atoms with van der Waals surface area (Å²) in [6.07, 6.45) is 1.66. The molecule has 2 heterocycles. The van der Waals surface area contributed by atoms with Crippen LogP contribution >= 0.6 is 0 Å². The highest BCUT2D eigenvalue weighted by atomic mass is 16.1. The third-order valence-electron chi connectivity index (χ3n) is 5.25. The zero-order chi connectivity index (χ0) is 23.3. The number of rotatable bonds is 6. The maximum Gasteiger partial charge on any atom is 0.363 e. The minimum Gasteiger partial charge on any atom is -0.260 e. The smallest absolute Gasteiger partial charge is 0.260 e. The average Bonchev–Trinajstić information content (AvgIpc) is 3.33. The third-order valence-corrected chi connectivity index (χ3v) is 5.25. The minimum absolute atomic E-state index is 0.314. The molecule has 0 aliphatic rings. The molecule has 0 bridgehead atoms. The molecule has 0 saturated heterocycles. The molecule has 0 aliphatic heterocycles. The maximum absolute atomic E-state index is 11.3. The summed E-state index contributed by atoms with van der Waals surface area (Å²) < 4.78 is 1.95. The number of nitrogens with zero attached hydrogens (tertiary/aromatic N) is 5. The Morgan fingerprint density at radius 2 is 1.59 bits per heavy atom. The highest BCUT2D eigenvalue weighted by Gasteiger charge is 2.13. The number of aryl methyl sites for hydroxylation is 1. The zero-order valence-electron chi connectivity index (χ0n) is 18.4. The Labute approximate surface area is 195 Å². The monoisotopic (exact) mass is 447 g/mol. The molecule has 2 N–H and O–H groups in total. The average molecular weight is 448 g/mol. The molecule has 0 atom stereocenters. The van der Waals surface area contributed by atoms with E-state index in [2.05, 4.69) is 56.0 Å². The van der Waals surface area contributed by atoms with Crippen molar-refractivity contribution in [2.75, 3.05) is 5.43 Å². The van der Waals surface area contributed by atoms with Gasteiger partial charge in [0.15, 0.2) is 5.82 Å². The number of nitrogens with one attached hydrogen (secondary N) is 2. The molecule has 5 aromatic rings. The van der Waals surface area contributed by atoms with Gasteiger partial charge in [0.1, 0.15) is 5.69 Å². The van der Waals surface area contributed by atoms with Crippen LogP contribution < -0.4 is 11.1 Å². The van der Waals surface area contributed by atoms with Crippen LogP contribution in [0.5, 0.6) is 0 Å². The Bertz CT molecular complexity index is 1490. The summed E-state index contributed by atoms with van der Waals surface area (Å²) in [6, 6.07) is 30.3. The number of anilines is 1. The van der Waals surface area contributed by atoms with Crippen LogP contribution in [0.1, 0.15) is 11.3 Å². The first kappa shape index (κ1) is 21.0. The summed E-state index contributed by atoms with van der Waals surface area (Å²) >= 11 is 0.